The first kappa shape index (κ1) is 27.5. The van der Waals surface area contributed by atoms with E-state index in [9.17, 15) is 5.26 Å². The van der Waals surface area contributed by atoms with E-state index >= 15 is 0 Å². The second-order valence-corrected chi connectivity index (χ2v) is 10.1. The molecular weight excluding hydrogens is 726 g/mol. The third kappa shape index (κ3) is 4.68. The predicted molar refractivity (Wildman–Crippen MR) is 169 cm³/mol. The summed E-state index contributed by atoms with van der Waals surface area (Å²) in [6, 6.07) is 49.1. The minimum atomic E-state index is 0. The molecule has 7 aromatic rings. The van der Waals surface area contributed by atoms with Crippen LogP contribution < -0.4 is 14.5 Å². The van der Waals surface area contributed by atoms with Crippen LogP contribution in [0.25, 0.3) is 27.6 Å². The van der Waals surface area contributed by atoms with E-state index in [0.29, 0.717) is 17.1 Å². The molecule has 0 radical (unpaired) electrons. The van der Waals surface area contributed by atoms with Gasteiger partial charge in [-0.15, -0.1) is 48.1 Å². The normalized spacial score (nSPS) is 12.2. The summed E-state index contributed by atoms with van der Waals surface area (Å²) < 4.78 is 8.42. The van der Waals surface area contributed by atoms with E-state index in [2.05, 4.69) is 63.9 Å². The molecule has 6 nitrogen and oxygen atoms in total. The third-order valence-corrected chi connectivity index (χ3v) is 7.56. The van der Waals surface area contributed by atoms with Crippen molar-refractivity contribution in [2.24, 2.45) is 0 Å². The number of nitrogens with zero attached hydrogens (tertiary/aromatic N) is 5. The molecular formula is C37H22N5OPt-3. The molecule has 44 heavy (non-hydrogen) atoms. The molecule has 5 aromatic carbocycles. The van der Waals surface area contributed by atoms with Crippen molar-refractivity contribution in [1.82, 2.24) is 9.55 Å². The fourth-order valence-electron chi connectivity index (χ4n) is 5.63. The van der Waals surface area contributed by atoms with Crippen LogP contribution in [0.15, 0.2) is 128 Å². The monoisotopic (exact) mass is 747 g/mol. The number of pyridine rings is 1. The number of aromatic nitrogens is 2. The number of para-hydroxylation sites is 3. The summed E-state index contributed by atoms with van der Waals surface area (Å²) in [5, 5.41) is 11.4. The zero-order valence-electron chi connectivity index (χ0n) is 23.2. The Morgan fingerprint density at radius 1 is 0.705 bits per heavy atom. The van der Waals surface area contributed by atoms with Gasteiger partial charge in [0.2, 0.25) is 0 Å². The Kier molecular flexibility index (Phi) is 7.10. The van der Waals surface area contributed by atoms with Gasteiger partial charge in [0.1, 0.15) is 5.82 Å². The topological polar surface area (TPSA) is 57.3 Å². The Morgan fingerprint density at radius 3 is 2.27 bits per heavy atom. The summed E-state index contributed by atoms with van der Waals surface area (Å²) in [6.07, 6.45) is 1.77. The van der Waals surface area contributed by atoms with Crippen molar-refractivity contribution in [3.8, 4) is 23.4 Å². The molecule has 0 saturated heterocycles. The van der Waals surface area contributed by atoms with Crippen molar-refractivity contribution in [1.29, 1.82) is 5.26 Å². The van der Waals surface area contributed by atoms with Gasteiger partial charge in [-0.25, -0.2) is 4.98 Å². The van der Waals surface area contributed by atoms with Crippen LogP contribution in [-0.4, -0.2) is 9.55 Å². The fraction of sp³-hybridized carbons (Fsp3) is 0. The number of fused-ring (bicyclic) bond motifs is 4. The molecule has 1 aliphatic rings. The molecule has 2 aromatic heterocycles. The number of nitriles is 1. The number of hydrogen-bond donors (Lipinski definition) is 0. The second-order valence-electron chi connectivity index (χ2n) is 10.1. The van der Waals surface area contributed by atoms with E-state index in [1.165, 1.54) is 0 Å². The van der Waals surface area contributed by atoms with E-state index in [1.807, 2.05) is 102 Å². The summed E-state index contributed by atoms with van der Waals surface area (Å²) in [5.74, 6) is 1.89. The molecule has 0 atom stereocenters. The van der Waals surface area contributed by atoms with Crippen molar-refractivity contribution >= 4 is 44.6 Å². The van der Waals surface area contributed by atoms with E-state index < -0.39 is 0 Å². The van der Waals surface area contributed by atoms with Crippen LogP contribution in [0.5, 0.6) is 11.5 Å². The van der Waals surface area contributed by atoms with Gasteiger partial charge < -0.3 is 19.1 Å². The van der Waals surface area contributed by atoms with Crippen LogP contribution in [0, 0.1) is 30.1 Å². The number of benzene rings is 5. The zero-order chi connectivity index (χ0) is 28.8. The summed E-state index contributed by atoms with van der Waals surface area (Å²) in [4.78, 5) is 8.89. The SMILES string of the molecule is N#Cc1ccc2c(c1)c1ccc(Oc3[c-]c(N4[CH-]N(c5ccccc5)c5ccccc54)ccc3)[c-]c1n2-c1ccccn1.[Pt]. The fourth-order valence-corrected chi connectivity index (χ4v) is 5.63. The Hall–Kier alpha value is -5.37. The standard InChI is InChI=1S/C37H22N5O.Pt/c38-24-26-16-19-33-32(21-26)31-18-17-30(23-36(31)42(33)37-15-6-7-20-39-37)43-29-12-8-11-28(22-29)41-25-40(27-9-2-1-3-10-27)34-13-4-5-14-35(34)41;/h1-21,25H;/q-3;. The van der Waals surface area contributed by atoms with E-state index in [1.54, 1.807) is 6.20 Å². The maximum absolute atomic E-state index is 9.52. The van der Waals surface area contributed by atoms with Crippen LogP contribution in [0.3, 0.4) is 0 Å². The second kappa shape index (κ2) is 11.4. The maximum Gasteiger partial charge on any atom is 0.135 e. The largest absolute Gasteiger partial charge is 0.509 e. The van der Waals surface area contributed by atoms with Gasteiger partial charge in [0.15, 0.2) is 0 Å². The Bertz CT molecular complexity index is 2170. The summed E-state index contributed by atoms with van der Waals surface area (Å²) in [6.45, 7) is 2.08. The first-order valence-corrected chi connectivity index (χ1v) is 13.9. The van der Waals surface area contributed by atoms with Gasteiger partial charge in [0, 0.05) is 61.3 Å². The van der Waals surface area contributed by atoms with Crippen LogP contribution in [0.2, 0.25) is 0 Å². The van der Waals surface area contributed by atoms with Crippen LogP contribution in [0.4, 0.5) is 22.7 Å². The van der Waals surface area contributed by atoms with Crippen molar-refractivity contribution in [3.63, 3.8) is 0 Å². The first-order valence-electron chi connectivity index (χ1n) is 13.9. The minimum absolute atomic E-state index is 0. The van der Waals surface area contributed by atoms with Gasteiger partial charge in [-0.3, -0.25) is 0 Å². The molecule has 0 unspecified atom stereocenters. The molecule has 8 rings (SSSR count). The number of ether oxygens (including phenoxy) is 1. The number of anilines is 4. The van der Waals surface area contributed by atoms with E-state index in [0.717, 1.165) is 50.4 Å². The number of rotatable bonds is 5. The molecule has 0 bridgehead atoms. The van der Waals surface area contributed by atoms with E-state index in [4.69, 9.17) is 4.74 Å². The van der Waals surface area contributed by atoms with Crippen molar-refractivity contribution in [2.75, 3.05) is 9.80 Å². The molecule has 0 aliphatic carbocycles. The summed E-state index contributed by atoms with van der Waals surface area (Å²) >= 11 is 0. The van der Waals surface area contributed by atoms with Gasteiger partial charge in [-0.05, 0) is 60.0 Å². The van der Waals surface area contributed by atoms with E-state index in [-0.39, 0.29) is 21.1 Å². The first-order chi connectivity index (χ1) is 21.3. The molecule has 0 N–H and O–H groups in total. The van der Waals surface area contributed by atoms with Gasteiger partial charge in [0.25, 0.3) is 0 Å². The minimum Gasteiger partial charge on any atom is -0.509 e. The summed E-state index contributed by atoms with van der Waals surface area (Å²) in [5.41, 5.74) is 6.46. The van der Waals surface area contributed by atoms with Gasteiger partial charge in [0.05, 0.1) is 11.6 Å². The Labute approximate surface area is 269 Å². The quantitative estimate of drug-likeness (QED) is 0.165. The van der Waals surface area contributed by atoms with Crippen molar-refractivity contribution < 1.29 is 25.8 Å². The zero-order valence-corrected chi connectivity index (χ0v) is 25.4. The van der Waals surface area contributed by atoms with Crippen molar-refractivity contribution in [2.45, 2.75) is 0 Å². The van der Waals surface area contributed by atoms with Crippen LogP contribution in [0.1, 0.15) is 5.56 Å². The predicted octanol–water partition coefficient (Wildman–Crippen LogP) is 8.85. The molecule has 1 aliphatic heterocycles. The number of hydrogen-bond acceptors (Lipinski definition) is 5. The third-order valence-electron chi connectivity index (χ3n) is 7.56. The average Bonchev–Trinajstić information content (AvgIpc) is 3.61. The molecule has 0 fully saturated rings. The maximum atomic E-state index is 9.52. The van der Waals surface area contributed by atoms with Gasteiger partial charge in [-0.1, -0.05) is 41.9 Å². The molecule has 0 saturated carbocycles. The molecule has 0 amide bonds. The Balaban J connectivity index is 0.00000312. The van der Waals surface area contributed by atoms with Gasteiger partial charge in [-0.2, -0.15) is 17.4 Å². The summed E-state index contributed by atoms with van der Waals surface area (Å²) in [7, 11) is 0. The average molecular weight is 748 g/mol. The van der Waals surface area contributed by atoms with Crippen LogP contribution >= 0.6 is 0 Å². The molecule has 214 valence electrons. The van der Waals surface area contributed by atoms with Gasteiger partial charge >= 0.3 is 0 Å². The van der Waals surface area contributed by atoms with Crippen LogP contribution in [-0.2, 0) is 21.1 Å². The molecule has 0 spiro atoms. The molecule has 3 heterocycles. The van der Waals surface area contributed by atoms with Crippen molar-refractivity contribution in [3.05, 3.63) is 152 Å². The Morgan fingerprint density at radius 2 is 1.48 bits per heavy atom. The smallest absolute Gasteiger partial charge is 0.135 e. The molecule has 7 heteroatoms.